The van der Waals surface area contributed by atoms with Gasteiger partial charge in [0.25, 0.3) is 0 Å². The van der Waals surface area contributed by atoms with Gasteiger partial charge in [-0.3, -0.25) is 4.79 Å². The van der Waals surface area contributed by atoms with Crippen LogP contribution < -0.4 is 9.47 Å². The molecular weight excluding hydrogens is 360 g/mol. The van der Waals surface area contributed by atoms with E-state index in [0.29, 0.717) is 31.8 Å². The first-order valence-corrected chi connectivity index (χ1v) is 9.86. The van der Waals surface area contributed by atoms with E-state index in [0.717, 1.165) is 11.3 Å². The fourth-order valence-corrected chi connectivity index (χ4v) is 3.69. The number of nitrogens with zero attached hydrogens (tertiary/aromatic N) is 2. The molecule has 0 saturated carbocycles. The van der Waals surface area contributed by atoms with Crippen LogP contribution in [0, 0.1) is 5.92 Å². The average Bonchev–Trinajstić information content (AvgIpc) is 3.23. The Morgan fingerprint density at radius 2 is 1.96 bits per heavy atom. The van der Waals surface area contributed by atoms with Crippen LogP contribution in [0.1, 0.15) is 46.6 Å². The van der Waals surface area contributed by atoms with Crippen molar-refractivity contribution in [2.24, 2.45) is 5.92 Å². The quantitative estimate of drug-likeness (QED) is 0.788. The number of benzene rings is 1. The second kappa shape index (κ2) is 7.89. The molecule has 0 aliphatic carbocycles. The smallest absolute Gasteiger partial charge is 0.410 e. The Hall–Kier alpha value is -2.44. The highest BCUT2D eigenvalue weighted by Gasteiger charge is 2.41. The van der Waals surface area contributed by atoms with Crippen molar-refractivity contribution in [1.29, 1.82) is 0 Å². The van der Waals surface area contributed by atoms with Gasteiger partial charge in [-0.15, -0.1) is 0 Å². The Labute approximate surface area is 166 Å². The highest BCUT2D eigenvalue weighted by molar-refractivity contribution is 5.81. The summed E-state index contributed by atoms with van der Waals surface area (Å²) in [7, 11) is 0. The van der Waals surface area contributed by atoms with E-state index in [1.165, 1.54) is 0 Å². The Balaban J connectivity index is 1.65. The minimum atomic E-state index is -0.548. The first-order chi connectivity index (χ1) is 13.2. The molecule has 3 rings (SSSR count). The van der Waals surface area contributed by atoms with Crippen molar-refractivity contribution < 1.29 is 23.8 Å². The van der Waals surface area contributed by atoms with Crippen LogP contribution in [0.2, 0.25) is 0 Å². The van der Waals surface area contributed by atoms with Crippen LogP contribution in [-0.2, 0) is 16.1 Å². The molecule has 1 aromatic rings. The van der Waals surface area contributed by atoms with Crippen molar-refractivity contribution in [2.45, 2.75) is 59.2 Å². The molecule has 154 valence electrons. The number of hydrogen-bond acceptors (Lipinski definition) is 5. The van der Waals surface area contributed by atoms with E-state index < -0.39 is 5.60 Å². The molecule has 0 bridgehead atoms. The van der Waals surface area contributed by atoms with Gasteiger partial charge in [-0.1, -0.05) is 6.07 Å². The van der Waals surface area contributed by atoms with Gasteiger partial charge < -0.3 is 24.0 Å². The Bertz CT molecular complexity index is 743. The molecule has 0 spiro atoms. The van der Waals surface area contributed by atoms with Crippen LogP contribution in [0.4, 0.5) is 4.79 Å². The van der Waals surface area contributed by atoms with E-state index >= 15 is 0 Å². The van der Waals surface area contributed by atoms with Gasteiger partial charge in [0.15, 0.2) is 11.5 Å². The number of carbonyl (C=O) groups is 2. The van der Waals surface area contributed by atoms with Crippen LogP contribution in [-0.4, -0.2) is 53.3 Å². The van der Waals surface area contributed by atoms with Crippen LogP contribution >= 0.6 is 0 Å². The van der Waals surface area contributed by atoms with E-state index in [1.54, 1.807) is 4.90 Å². The number of amides is 2. The zero-order valence-corrected chi connectivity index (χ0v) is 17.4. The van der Waals surface area contributed by atoms with Crippen LogP contribution in [0.25, 0.3) is 0 Å². The normalized spacial score (nSPS) is 21.0. The summed E-state index contributed by atoms with van der Waals surface area (Å²) in [5.74, 6) is 1.29. The molecule has 2 atom stereocenters. The standard InChI is InChI=1S/C21H30N2O5/c1-6-22(12-15-7-8-17-18(11-15)27-13-26-17)19(24)16-9-10-23(14(16)2)20(25)28-21(3,4)5/h7-8,11,14,16H,6,9-10,12-13H2,1-5H3/t14-,16-/m0/s1. The minimum absolute atomic E-state index is 0.0683. The highest BCUT2D eigenvalue weighted by atomic mass is 16.7. The van der Waals surface area contributed by atoms with Crippen molar-refractivity contribution >= 4 is 12.0 Å². The third-order valence-corrected chi connectivity index (χ3v) is 5.20. The van der Waals surface area contributed by atoms with Gasteiger partial charge in [-0.2, -0.15) is 0 Å². The summed E-state index contributed by atoms with van der Waals surface area (Å²) in [4.78, 5) is 29.1. The van der Waals surface area contributed by atoms with E-state index in [2.05, 4.69) is 0 Å². The summed E-state index contributed by atoms with van der Waals surface area (Å²) >= 11 is 0. The Kier molecular flexibility index (Phi) is 5.72. The largest absolute Gasteiger partial charge is 0.454 e. The van der Waals surface area contributed by atoms with Crippen molar-refractivity contribution in [2.75, 3.05) is 19.9 Å². The van der Waals surface area contributed by atoms with Gasteiger partial charge in [0, 0.05) is 25.7 Å². The molecule has 1 saturated heterocycles. The van der Waals surface area contributed by atoms with Crippen molar-refractivity contribution in [3.63, 3.8) is 0 Å². The number of hydrogen-bond donors (Lipinski definition) is 0. The molecule has 2 aliphatic heterocycles. The maximum atomic E-state index is 13.2. The molecule has 2 aliphatic rings. The molecule has 7 heteroatoms. The number of likely N-dealkylation sites (tertiary alicyclic amines) is 1. The minimum Gasteiger partial charge on any atom is -0.454 e. The second-order valence-electron chi connectivity index (χ2n) is 8.35. The molecule has 0 N–H and O–H groups in total. The van der Waals surface area contributed by atoms with Crippen molar-refractivity contribution in [3.05, 3.63) is 23.8 Å². The maximum absolute atomic E-state index is 13.2. The monoisotopic (exact) mass is 390 g/mol. The summed E-state index contributed by atoms with van der Waals surface area (Å²) in [6, 6.07) is 5.56. The zero-order chi connectivity index (χ0) is 20.5. The van der Waals surface area contributed by atoms with Crippen LogP contribution in [0.5, 0.6) is 11.5 Å². The molecule has 1 aromatic carbocycles. The van der Waals surface area contributed by atoms with E-state index in [1.807, 2.05) is 57.7 Å². The van der Waals surface area contributed by atoms with Gasteiger partial charge in [-0.05, 0) is 58.7 Å². The molecule has 0 unspecified atom stereocenters. The van der Waals surface area contributed by atoms with E-state index in [-0.39, 0.29) is 30.8 Å². The van der Waals surface area contributed by atoms with Crippen LogP contribution in [0.3, 0.4) is 0 Å². The third kappa shape index (κ3) is 4.34. The highest BCUT2D eigenvalue weighted by Crippen LogP contribution is 2.33. The molecule has 1 fully saturated rings. The van der Waals surface area contributed by atoms with Gasteiger partial charge in [-0.25, -0.2) is 4.79 Å². The molecule has 7 nitrogen and oxygen atoms in total. The van der Waals surface area contributed by atoms with Crippen LogP contribution in [0.15, 0.2) is 18.2 Å². The fourth-order valence-electron chi connectivity index (χ4n) is 3.69. The van der Waals surface area contributed by atoms with Crippen molar-refractivity contribution in [1.82, 2.24) is 9.80 Å². The summed E-state index contributed by atoms with van der Waals surface area (Å²) < 4.78 is 16.3. The average molecular weight is 390 g/mol. The van der Waals surface area contributed by atoms with Gasteiger partial charge in [0.1, 0.15) is 5.60 Å². The predicted molar refractivity (Wildman–Crippen MR) is 104 cm³/mol. The molecule has 0 radical (unpaired) electrons. The molecule has 0 aromatic heterocycles. The predicted octanol–water partition coefficient (Wildman–Crippen LogP) is 3.41. The lowest BCUT2D eigenvalue weighted by Gasteiger charge is -2.30. The number of ether oxygens (including phenoxy) is 3. The summed E-state index contributed by atoms with van der Waals surface area (Å²) in [6.07, 6.45) is 0.297. The SMILES string of the molecule is CCN(Cc1ccc2c(c1)OCO2)C(=O)[C@H]1CCN(C(=O)OC(C)(C)C)[C@H]1C. The lowest BCUT2D eigenvalue weighted by Crippen LogP contribution is -2.44. The molecule has 28 heavy (non-hydrogen) atoms. The Morgan fingerprint density at radius 1 is 1.25 bits per heavy atom. The molecule has 2 amide bonds. The maximum Gasteiger partial charge on any atom is 0.410 e. The lowest BCUT2D eigenvalue weighted by atomic mass is 9.99. The van der Waals surface area contributed by atoms with E-state index in [9.17, 15) is 9.59 Å². The summed E-state index contributed by atoms with van der Waals surface area (Å²) in [6.45, 7) is 11.3. The first-order valence-electron chi connectivity index (χ1n) is 9.86. The van der Waals surface area contributed by atoms with Gasteiger partial charge in [0.2, 0.25) is 12.7 Å². The van der Waals surface area contributed by atoms with Gasteiger partial charge >= 0.3 is 6.09 Å². The Morgan fingerprint density at radius 3 is 2.64 bits per heavy atom. The molecule has 2 heterocycles. The summed E-state index contributed by atoms with van der Waals surface area (Å²) in [5, 5.41) is 0. The van der Waals surface area contributed by atoms with Gasteiger partial charge in [0.05, 0.1) is 5.92 Å². The second-order valence-corrected chi connectivity index (χ2v) is 8.35. The van der Waals surface area contributed by atoms with Crippen molar-refractivity contribution in [3.8, 4) is 11.5 Å². The zero-order valence-electron chi connectivity index (χ0n) is 17.4. The summed E-state index contributed by atoms with van der Waals surface area (Å²) in [5.41, 5.74) is 0.447. The topological polar surface area (TPSA) is 68.3 Å². The fraction of sp³-hybridized carbons (Fsp3) is 0.619. The number of rotatable bonds is 4. The third-order valence-electron chi connectivity index (χ3n) is 5.20. The number of carbonyl (C=O) groups excluding carboxylic acids is 2. The molecular formula is C21H30N2O5. The first kappa shape index (κ1) is 20.3. The number of fused-ring (bicyclic) bond motifs is 1. The van der Waals surface area contributed by atoms with E-state index in [4.69, 9.17) is 14.2 Å². The lowest BCUT2D eigenvalue weighted by molar-refractivity contribution is -0.136.